The average Bonchev–Trinajstić information content (AvgIpc) is 3.05. The molecule has 2 bridgehead atoms. The maximum Gasteiger partial charge on any atom is 0.344 e. The van der Waals surface area contributed by atoms with Gasteiger partial charge in [-0.05, 0) is 44.2 Å². The van der Waals surface area contributed by atoms with E-state index in [1.165, 1.54) is 0 Å². The molecule has 3 fully saturated rings. The second kappa shape index (κ2) is 9.57. The van der Waals surface area contributed by atoms with Crippen molar-refractivity contribution in [3.8, 4) is 0 Å². The van der Waals surface area contributed by atoms with Gasteiger partial charge < -0.3 is 14.0 Å². The van der Waals surface area contributed by atoms with Crippen molar-refractivity contribution in [3.05, 3.63) is 46.2 Å². The van der Waals surface area contributed by atoms with Crippen LogP contribution in [-0.4, -0.2) is 77.9 Å². The van der Waals surface area contributed by atoms with Crippen molar-refractivity contribution >= 4 is 16.9 Å². The number of hydrogen-bond donors (Lipinski definition) is 0. The largest absolute Gasteiger partial charge is 0.459 e. The van der Waals surface area contributed by atoms with Crippen LogP contribution in [0.1, 0.15) is 55.9 Å². The van der Waals surface area contributed by atoms with Crippen LogP contribution in [0.15, 0.2) is 35.1 Å². The van der Waals surface area contributed by atoms with Crippen molar-refractivity contribution < 1.29 is 14.3 Å². The number of esters is 1. The Morgan fingerprint density at radius 1 is 1.09 bits per heavy atom. The Kier molecular flexibility index (Phi) is 6.54. The zero-order valence-electron chi connectivity index (χ0n) is 19.7. The van der Waals surface area contributed by atoms with E-state index in [1.54, 1.807) is 10.6 Å². The van der Waals surface area contributed by atoms with Gasteiger partial charge in [-0.2, -0.15) is 0 Å². The minimum atomic E-state index is -0.480. The van der Waals surface area contributed by atoms with Crippen LogP contribution in [0.2, 0.25) is 0 Å². The first-order valence-corrected chi connectivity index (χ1v) is 12.4. The number of hydrogen-bond acceptors (Lipinski definition) is 6. The Balaban J connectivity index is 1.26. The number of carbonyl (C=O) groups excluding carboxylic acids is 1. The van der Waals surface area contributed by atoms with Crippen LogP contribution in [0.5, 0.6) is 0 Å². The molecule has 178 valence electrons. The molecule has 3 aliphatic heterocycles. The van der Waals surface area contributed by atoms with E-state index in [-0.39, 0.29) is 23.3 Å². The summed E-state index contributed by atoms with van der Waals surface area (Å²) in [6, 6.07) is 10.3. The molecule has 0 saturated carbocycles. The lowest BCUT2D eigenvalue weighted by Gasteiger charge is -2.39. The van der Waals surface area contributed by atoms with Crippen molar-refractivity contribution in [2.24, 2.45) is 0 Å². The lowest BCUT2D eigenvalue weighted by molar-refractivity contribution is -0.0123. The van der Waals surface area contributed by atoms with Crippen LogP contribution in [-0.2, 0) is 9.47 Å². The number of aromatic nitrogens is 1. The Morgan fingerprint density at radius 3 is 2.48 bits per heavy atom. The Bertz CT molecular complexity index is 1050. The van der Waals surface area contributed by atoms with E-state index in [0.717, 1.165) is 76.0 Å². The molecule has 0 aliphatic carbocycles. The van der Waals surface area contributed by atoms with E-state index in [0.29, 0.717) is 12.1 Å². The molecule has 33 heavy (non-hydrogen) atoms. The van der Waals surface area contributed by atoms with Gasteiger partial charge >= 0.3 is 5.97 Å². The van der Waals surface area contributed by atoms with Crippen LogP contribution >= 0.6 is 0 Å². The fourth-order valence-electron chi connectivity index (χ4n) is 5.93. The zero-order valence-corrected chi connectivity index (χ0v) is 19.7. The van der Waals surface area contributed by atoms with Crippen molar-refractivity contribution in [2.75, 3.05) is 39.4 Å². The second-order valence-corrected chi connectivity index (χ2v) is 9.96. The Labute approximate surface area is 195 Å². The number of morpholine rings is 1. The topological polar surface area (TPSA) is 64.0 Å². The SMILES string of the molecule is CC(C)n1c(=O)c(C(=O)OC2C[C@H]3CC[C@@H](C2)N3CCN2CCOCC2)cc2ccccc21. The Hall–Kier alpha value is -2.22. The smallest absolute Gasteiger partial charge is 0.344 e. The van der Waals surface area contributed by atoms with Crippen molar-refractivity contribution in [1.82, 2.24) is 14.4 Å². The lowest BCUT2D eigenvalue weighted by atomic mass is 9.99. The summed E-state index contributed by atoms with van der Waals surface area (Å²) >= 11 is 0. The summed E-state index contributed by atoms with van der Waals surface area (Å²) in [5, 5.41) is 0.885. The third-order valence-corrected chi connectivity index (χ3v) is 7.57. The summed E-state index contributed by atoms with van der Waals surface area (Å²) in [5.41, 5.74) is 0.727. The molecule has 3 saturated heterocycles. The summed E-state index contributed by atoms with van der Waals surface area (Å²) in [7, 11) is 0. The standard InChI is InChI=1S/C26H35N3O4/c1-18(2)29-24-6-4-3-5-19(24)15-23(25(29)30)26(31)33-22-16-20-7-8-21(17-22)28(20)10-9-27-11-13-32-14-12-27/h3-6,15,18,20-22H,7-14,16-17H2,1-2H3/t20-,21+,22?. The number of ether oxygens (including phenoxy) is 2. The highest BCUT2D eigenvalue weighted by Crippen LogP contribution is 2.37. The van der Waals surface area contributed by atoms with Gasteiger partial charge in [-0.25, -0.2) is 4.79 Å². The lowest BCUT2D eigenvalue weighted by Crippen LogP contribution is -2.49. The van der Waals surface area contributed by atoms with Gasteiger partial charge in [0.05, 0.1) is 18.7 Å². The summed E-state index contributed by atoms with van der Waals surface area (Å²) < 4.78 is 13.1. The minimum absolute atomic E-state index is 0.0410. The third-order valence-electron chi connectivity index (χ3n) is 7.57. The number of fused-ring (bicyclic) bond motifs is 3. The van der Waals surface area contributed by atoms with E-state index < -0.39 is 5.97 Å². The van der Waals surface area contributed by atoms with Crippen LogP contribution in [0.25, 0.3) is 10.9 Å². The Morgan fingerprint density at radius 2 is 1.79 bits per heavy atom. The third kappa shape index (κ3) is 4.59. The van der Waals surface area contributed by atoms with Crippen LogP contribution in [0.4, 0.5) is 0 Å². The first-order chi connectivity index (χ1) is 16.0. The van der Waals surface area contributed by atoms with Gasteiger partial charge in [0, 0.05) is 57.1 Å². The highest BCUT2D eigenvalue weighted by atomic mass is 16.5. The van der Waals surface area contributed by atoms with Crippen molar-refractivity contribution in [1.29, 1.82) is 0 Å². The molecule has 0 radical (unpaired) electrons. The number of benzene rings is 1. The highest BCUT2D eigenvalue weighted by Gasteiger charge is 2.42. The molecule has 3 aliphatic rings. The summed E-state index contributed by atoms with van der Waals surface area (Å²) in [4.78, 5) is 31.4. The molecule has 4 heterocycles. The minimum Gasteiger partial charge on any atom is -0.459 e. The number of para-hydroxylation sites is 1. The molecule has 0 spiro atoms. The van der Waals surface area contributed by atoms with Gasteiger partial charge in [0.25, 0.3) is 5.56 Å². The van der Waals surface area contributed by atoms with Crippen LogP contribution in [0.3, 0.4) is 0 Å². The number of pyridine rings is 1. The van der Waals surface area contributed by atoms with E-state index in [2.05, 4.69) is 9.80 Å². The van der Waals surface area contributed by atoms with Gasteiger partial charge in [0.1, 0.15) is 11.7 Å². The normalized spacial score (nSPS) is 26.2. The second-order valence-electron chi connectivity index (χ2n) is 9.96. The summed E-state index contributed by atoms with van der Waals surface area (Å²) in [6.07, 6.45) is 3.93. The number of nitrogens with zero attached hydrogens (tertiary/aromatic N) is 3. The monoisotopic (exact) mass is 453 g/mol. The van der Waals surface area contributed by atoms with E-state index in [1.807, 2.05) is 38.1 Å². The molecule has 7 nitrogen and oxygen atoms in total. The highest BCUT2D eigenvalue weighted by molar-refractivity contribution is 5.94. The molecule has 2 aromatic rings. The summed E-state index contributed by atoms with van der Waals surface area (Å²) in [5.74, 6) is -0.480. The quantitative estimate of drug-likeness (QED) is 0.627. The van der Waals surface area contributed by atoms with Gasteiger partial charge in [0.2, 0.25) is 0 Å². The predicted octanol–water partition coefficient (Wildman–Crippen LogP) is 3.07. The molecule has 1 aromatic carbocycles. The van der Waals surface area contributed by atoms with Gasteiger partial charge in [0.15, 0.2) is 0 Å². The van der Waals surface area contributed by atoms with E-state index in [4.69, 9.17) is 9.47 Å². The van der Waals surface area contributed by atoms with Gasteiger partial charge in [-0.15, -0.1) is 0 Å². The zero-order chi connectivity index (χ0) is 22.9. The first kappa shape index (κ1) is 22.6. The van der Waals surface area contributed by atoms with Crippen molar-refractivity contribution in [3.63, 3.8) is 0 Å². The molecule has 3 atom stereocenters. The van der Waals surface area contributed by atoms with Gasteiger partial charge in [-0.1, -0.05) is 18.2 Å². The summed E-state index contributed by atoms with van der Waals surface area (Å²) in [6.45, 7) is 9.77. The number of carbonyl (C=O) groups is 1. The molecule has 0 N–H and O–H groups in total. The molecular weight excluding hydrogens is 418 g/mol. The fraction of sp³-hybridized carbons (Fsp3) is 0.615. The molecular formula is C26H35N3O4. The predicted molar refractivity (Wildman–Crippen MR) is 128 cm³/mol. The molecule has 1 unspecified atom stereocenters. The first-order valence-electron chi connectivity index (χ1n) is 12.4. The molecule has 1 aromatic heterocycles. The molecule has 7 heteroatoms. The maximum absolute atomic E-state index is 13.2. The fourth-order valence-corrected chi connectivity index (χ4v) is 5.93. The number of piperidine rings is 1. The van der Waals surface area contributed by atoms with E-state index >= 15 is 0 Å². The van der Waals surface area contributed by atoms with Crippen LogP contribution < -0.4 is 5.56 Å². The maximum atomic E-state index is 13.2. The molecule has 0 amide bonds. The average molecular weight is 454 g/mol. The van der Waals surface area contributed by atoms with Crippen LogP contribution in [0, 0.1) is 0 Å². The van der Waals surface area contributed by atoms with E-state index in [9.17, 15) is 9.59 Å². The van der Waals surface area contributed by atoms with Crippen molar-refractivity contribution in [2.45, 2.75) is 63.8 Å². The molecule has 5 rings (SSSR count). The van der Waals surface area contributed by atoms with Gasteiger partial charge in [-0.3, -0.25) is 14.6 Å². The number of rotatable bonds is 6.